The van der Waals surface area contributed by atoms with Crippen LogP contribution in [0.1, 0.15) is 18.1 Å². The molecule has 7 nitrogen and oxygen atoms in total. The van der Waals surface area contributed by atoms with Crippen LogP contribution in [0.2, 0.25) is 0 Å². The van der Waals surface area contributed by atoms with Crippen LogP contribution in [0.3, 0.4) is 0 Å². The van der Waals surface area contributed by atoms with Crippen molar-refractivity contribution >= 4 is 29.0 Å². The Balaban J connectivity index is 1.78. The molecule has 0 bridgehead atoms. The van der Waals surface area contributed by atoms with E-state index in [0.717, 1.165) is 21.9 Å². The molecule has 0 saturated carbocycles. The van der Waals surface area contributed by atoms with Crippen molar-refractivity contribution in [2.75, 3.05) is 13.7 Å². The molecule has 0 aromatic heterocycles. The first-order valence-electron chi connectivity index (χ1n) is 9.98. The molecule has 2 amide bonds. The number of rotatable bonds is 8. The fraction of sp³-hybridized carbons (Fsp3) is 0.208. The molecule has 0 aliphatic carbocycles. The Labute approximate surface area is 181 Å². The van der Waals surface area contributed by atoms with Gasteiger partial charge in [-0.15, -0.1) is 0 Å². The summed E-state index contributed by atoms with van der Waals surface area (Å²) in [6, 6.07) is 20.2. The normalized spacial score (nSPS) is 11.8. The van der Waals surface area contributed by atoms with Gasteiger partial charge in [0.1, 0.15) is 11.8 Å². The molecule has 3 aromatic carbocycles. The van der Waals surface area contributed by atoms with E-state index in [9.17, 15) is 9.59 Å². The summed E-state index contributed by atoms with van der Waals surface area (Å²) < 4.78 is 10.4. The van der Waals surface area contributed by atoms with Crippen LogP contribution in [-0.2, 0) is 16.0 Å². The summed E-state index contributed by atoms with van der Waals surface area (Å²) in [6.45, 7) is 1.91. The van der Waals surface area contributed by atoms with Crippen LogP contribution in [0.5, 0.6) is 5.75 Å². The van der Waals surface area contributed by atoms with Crippen molar-refractivity contribution in [3.05, 3.63) is 77.9 Å². The van der Waals surface area contributed by atoms with Gasteiger partial charge in [-0.3, -0.25) is 4.79 Å². The molecule has 1 atom stereocenters. The highest BCUT2D eigenvalue weighted by molar-refractivity contribution is 6.02. The first-order chi connectivity index (χ1) is 15.1. The van der Waals surface area contributed by atoms with E-state index in [1.807, 2.05) is 66.7 Å². The first-order valence-corrected chi connectivity index (χ1v) is 9.98. The zero-order chi connectivity index (χ0) is 22.1. The lowest BCUT2D eigenvalue weighted by Crippen LogP contribution is -2.47. The summed E-state index contributed by atoms with van der Waals surface area (Å²) >= 11 is 0. The molecular weight excluding hydrogens is 394 g/mol. The Morgan fingerprint density at radius 2 is 1.77 bits per heavy atom. The van der Waals surface area contributed by atoms with Crippen LogP contribution in [0.4, 0.5) is 4.79 Å². The van der Waals surface area contributed by atoms with Crippen LogP contribution < -0.4 is 15.5 Å². The molecule has 0 aliphatic heterocycles. The zero-order valence-corrected chi connectivity index (χ0v) is 17.5. The minimum Gasteiger partial charge on any atom is -0.496 e. The molecule has 0 radical (unpaired) electrons. The van der Waals surface area contributed by atoms with Crippen LogP contribution in [0, 0.1) is 0 Å². The fourth-order valence-corrected chi connectivity index (χ4v) is 3.20. The molecular formula is C24H25N3O4. The number of alkyl carbamates (subject to hydrolysis) is 1. The maximum absolute atomic E-state index is 12.8. The SMILES string of the molecule is CCOC(=O)N[C@H](Cc1ccccc1)C(=O)N/N=C\c1c(OC)ccc2ccccc12. The van der Waals surface area contributed by atoms with Gasteiger partial charge in [0.15, 0.2) is 0 Å². The van der Waals surface area contributed by atoms with E-state index in [4.69, 9.17) is 9.47 Å². The number of hydrazone groups is 1. The second-order valence-corrected chi connectivity index (χ2v) is 6.74. The molecule has 3 rings (SSSR count). The van der Waals surface area contributed by atoms with Crippen LogP contribution >= 0.6 is 0 Å². The molecule has 0 fully saturated rings. The number of methoxy groups -OCH3 is 1. The number of ether oxygens (including phenoxy) is 2. The predicted octanol–water partition coefficient (Wildman–Crippen LogP) is 3.66. The van der Waals surface area contributed by atoms with Crippen molar-refractivity contribution in [2.24, 2.45) is 5.10 Å². The standard InChI is InChI=1S/C24H25N3O4/c1-3-31-24(29)26-21(15-17-9-5-4-6-10-17)23(28)27-25-16-20-19-12-8-7-11-18(19)13-14-22(20)30-2/h4-14,16,21H,3,15H2,1-2H3,(H,26,29)(H,27,28)/b25-16-/t21-/m1/s1. The number of hydrogen-bond acceptors (Lipinski definition) is 5. The molecule has 31 heavy (non-hydrogen) atoms. The van der Waals surface area contributed by atoms with E-state index in [2.05, 4.69) is 15.8 Å². The molecule has 0 saturated heterocycles. The Morgan fingerprint density at radius 3 is 2.52 bits per heavy atom. The summed E-state index contributed by atoms with van der Waals surface area (Å²) in [4.78, 5) is 24.7. The third kappa shape index (κ3) is 5.82. The van der Waals surface area contributed by atoms with Crippen LogP contribution in [0.25, 0.3) is 10.8 Å². The molecule has 7 heteroatoms. The maximum Gasteiger partial charge on any atom is 0.407 e. The van der Waals surface area contributed by atoms with Crippen molar-refractivity contribution in [1.29, 1.82) is 0 Å². The summed E-state index contributed by atoms with van der Waals surface area (Å²) in [5.41, 5.74) is 4.17. The molecule has 0 unspecified atom stereocenters. The lowest BCUT2D eigenvalue weighted by molar-refractivity contribution is -0.123. The van der Waals surface area contributed by atoms with Crippen molar-refractivity contribution in [3.8, 4) is 5.75 Å². The molecule has 0 spiro atoms. The van der Waals surface area contributed by atoms with E-state index in [1.54, 1.807) is 20.2 Å². The Bertz CT molecular complexity index is 1070. The van der Waals surface area contributed by atoms with Crippen molar-refractivity contribution in [3.63, 3.8) is 0 Å². The summed E-state index contributed by atoms with van der Waals surface area (Å²) in [7, 11) is 1.58. The van der Waals surface area contributed by atoms with Crippen molar-refractivity contribution in [2.45, 2.75) is 19.4 Å². The molecule has 0 heterocycles. The average molecular weight is 419 g/mol. The van der Waals surface area contributed by atoms with Gasteiger partial charge < -0.3 is 14.8 Å². The highest BCUT2D eigenvalue weighted by atomic mass is 16.5. The predicted molar refractivity (Wildman–Crippen MR) is 120 cm³/mol. The third-order valence-corrected chi connectivity index (χ3v) is 4.69. The van der Waals surface area contributed by atoms with Crippen LogP contribution in [0.15, 0.2) is 71.8 Å². The number of carbonyl (C=O) groups is 2. The fourth-order valence-electron chi connectivity index (χ4n) is 3.20. The van der Waals surface area contributed by atoms with Gasteiger partial charge in [0.25, 0.3) is 5.91 Å². The van der Waals surface area contributed by atoms with E-state index in [0.29, 0.717) is 12.2 Å². The number of nitrogens with zero attached hydrogens (tertiary/aromatic N) is 1. The summed E-state index contributed by atoms with van der Waals surface area (Å²) in [5.74, 6) is 0.189. The van der Waals surface area contributed by atoms with Gasteiger partial charge in [0.05, 0.1) is 19.9 Å². The number of hydrogen-bond donors (Lipinski definition) is 2. The second-order valence-electron chi connectivity index (χ2n) is 6.74. The monoisotopic (exact) mass is 419 g/mol. The third-order valence-electron chi connectivity index (χ3n) is 4.69. The Kier molecular flexibility index (Phi) is 7.59. The minimum atomic E-state index is -0.840. The molecule has 3 aromatic rings. The maximum atomic E-state index is 12.8. The first kappa shape index (κ1) is 21.8. The van der Waals surface area contributed by atoms with E-state index in [1.165, 1.54) is 0 Å². The summed E-state index contributed by atoms with van der Waals surface area (Å²) in [5, 5.41) is 8.69. The topological polar surface area (TPSA) is 89.0 Å². The highest BCUT2D eigenvalue weighted by Crippen LogP contribution is 2.26. The van der Waals surface area contributed by atoms with Gasteiger partial charge in [-0.25, -0.2) is 10.2 Å². The highest BCUT2D eigenvalue weighted by Gasteiger charge is 2.21. The van der Waals surface area contributed by atoms with E-state index in [-0.39, 0.29) is 6.61 Å². The number of carbonyl (C=O) groups excluding carboxylic acids is 2. The molecule has 2 N–H and O–H groups in total. The average Bonchev–Trinajstić information content (AvgIpc) is 2.79. The van der Waals surface area contributed by atoms with Gasteiger partial charge in [-0.05, 0) is 29.3 Å². The quantitative estimate of drug-likeness (QED) is 0.431. The number of benzene rings is 3. The second kappa shape index (κ2) is 10.8. The van der Waals surface area contributed by atoms with Gasteiger partial charge in [-0.2, -0.15) is 5.10 Å². The Hall–Kier alpha value is -3.87. The van der Waals surface area contributed by atoms with Gasteiger partial charge in [0.2, 0.25) is 0 Å². The Morgan fingerprint density at radius 1 is 1.03 bits per heavy atom. The van der Waals surface area contributed by atoms with Gasteiger partial charge in [-0.1, -0.05) is 60.7 Å². The smallest absolute Gasteiger partial charge is 0.407 e. The van der Waals surface area contributed by atoms with Gasteiger partial charge in [0, 0.05) is 12.0 Å². The van der Waals surface area contributed by atoms with Crippen LogP contribution in [-0.4, -0.2) is 38.0 Å². The lowest BCUT2D eigenvalue weighted by atomic mass is 10.0. The minimum absolute atomic E-state index is 0.213. The van der Waals surface area contributed by atoms with Crippen molar-refractivity contribution in [1.82, 2.24) is 10.7 Å². The number of fused-ring (bicyclic) bond motifs is 1. The van der Waals surface area contributed by atoms with E-state index < -0.39 is 18.0 Å². The summed E-state index contributed by atoms with van der Waals surface area (Å²) in [6.07, 6.45) is 1.19. The number of nitrogens with one attached hydrogen (secondary N) is 2. The largest absolute Gasteiger partial charge is 0.496 e. The van der Waals surface area contributed by atoms with Gasteiger partial charge >= 0.3 is 6.09 Å². The molecule has 0 aliphatic rings. The van der Waals surface area contributed by atoms with Crippen molar-refractivity contribution < 1.29 is 19.1 Å². The zero-order valence-electron chi connectivity index (χ0n) is 17.5. The van der Waals surface area contributed by atoms with E-state index >= 15 is 0 Å². The lowest BCUT2D eigenvalue weighted by Gasteiger charge is -2.17. The molecule has 160 valence electrons. The number of amides is 2.